The topological polar surface area (TPSA) is 34.0 Å². The molecular weight excluding hydrogens is 236 g/mol. The molecule has 1 aliphatic rings. The summed E-state index contributed by atoms with van der Waals surface area (Å²) in [6.07, 6.45) is 1.67. The molecule has 19 heavy (non-hydrogen) atoms. The van der Waals surface area contributed by atoms with Crippen molar-refractivity contribution in [2.45, 2.75) is 6.04 Å². The van der Waals surface area contributed by atoms with E-state index in [2.05, 4.69) is 28.2 Å². The summed E-state index contributed by atoms with van der Waals surface area (Å²) in [5.74, 6) is 0.546. The maximum atomic E-state index is 5.25. The molecule has 2 aromatic rings. The van der Waals surface area contributed by atoms with E-state index in [-0.39, 0.29) is 6.04 Å². The van der Waals surface area contributed by atoms with Crippen LogP contribution in [-0.2, 0) is 4.74 Å². The summed E-state index contributed by atoms with van der Waals surface area (Å²) in [7, 11) is 1.61. The zero-order valence-electron chi connectivity index (χ0n) is 10.7. The van der Waals surface area contributed by atoms with Crippen LogP contribution in [0.1, 0.15) is 17.2 Å². The Kier molecular flexibility index (Phi) is 3.11. The predicted octanol–water partition coefficient (Wildman–Crippen LogP) is 3.54. The van der Waals surface area contributed by atoms with Crippen molar-refractivity contribution in [3.8, 4) is 0 Å². The van der Waals surface area contributed by atoms with E-state index in [0.717, 1.165) is 16.8 Å². The van der Waals surface area contributed by atoms with E-state index in [4.69, 9.17) is 4.74 Å². The smallest absolute Gasteiger partial charge is 0.228 e. The van der Waals surface area contributed by atoms with Crippen LogP contribution in [0.15, 0.2) is 64.6 Å². The quantitative estimate of drug-likeness (QED) is 0.762. The van der Waals surface area contributed by atoms with Gasteiger partial charge in [0.15, 0.2) is 0 Å². The highest BCUT2D eigenvalue weighted by atomic mass is 16.5. The fourth-order valence-electron chi connectivity index (χ4n) is 2.19. The normalized spacial score (nSPS) is 17.3. The maximum absolute atomic E-state index is 5.25. The molecule has 94 valence electrons. The molecule has 1 aliphatic heterocycles. The summed E-state index contributed by atoms with van der Waals surface area (Å²) in [4.78, 5) is 9.08. The van der Waals surface area contributed by atoms with Crippen LogP contribution < -0.4 is 0 Å². The monoisotopic (exact) mass is 250 g/mol. The molecule has 1 atom stereocenters. The van der Waals surface area contributed by atoms with E-state index in [1.165, 1.54) is 0 Å². The molecule has 3 heteroatoms. The van der Waals surface area contributed by atoms with Crippen LogP contribution in [0.25, 0.3) is 0 Å². The third kappa shape index (κ3) is 2.27. The lowest BCUT2D eigenvalue weighted by Gasteiger charge is -2.14. The molecule has 0 fully saturated rings. The summed E-state index contributed by atoms with van der Waals surface area (Å²) in [5, 5.41) is 0. The minimum Gasteiger partial charge on any atom is -0.480 e. The second kappa shape index (κ2) is 5.06. The van der Waals surface area contributed by atoms with Crippen molar-refractivity contribution in [2.24, 2.45) is 9.98 Å². The van der Waals surface area contributed by atoms with Crippen molar-refractivity contribution >= 4 is 17.8 Å². The fraction of sp³-hybridized carbons (Fsp3) is 0.125. The van der Waals surface area contributed by atoms with Crippen LogP contribution in [0.5, 0.6) is 0 Å². The zero-order valence-corrected chi connectivity index (χ0v) is 10.7. The molecule has 0 bridgehead atoms. The number of methoxy groups -OCH3 is 1. The van der Waals surface area contributed by atoms with Gasteiger partial charge in [-0.2, -0.15) is 0 Å². The third-order valence-electron chi connectivity index (χ3n) is 3.13. The van der Waals surface area contributed by atoms with Crippen LogP contribution in [0, 0.1) is 0 Å². The SMILES string of the molecule is COC1=NC(c2ccccc2)c2ccccc2N=C1. The van der Waals surface area contributed by atoms with Gasteiger partial charge in [-0.15, -0.1) is 0 Å². The van der Waals surface area contributed by atoms with Crippen molar-refractivity contribution < 1.29 is 4.74 Å². The van der Waals surface area contributed by atoms with Gasteiger partial charge >= 0.3 is 0 Å². The highest BCUT2D eigenvalue weighted by molar-refractivity contribution is 6.27. The highest BCUT2D eigenvalue weighted by Gasteiger charge is 2.19. The third-order valence-corrected chi connectivity index (χ3v) is 3.13. The Balaban J connectivity index is 2.16. The van der Waals surface area contributed by atoms with Crippen molar-refractivity contribution in [2.75, 3.05) is 7.11 Å². The number of hydrogen-bond donors (Lipinski definition) is 0. The zero-order chi connectivity index (χ0) is 13.1. The molecule has 3 rings (SSSR count). The molecule has 0 saturated heterocycles. The van der Waals surface area contributed by atoms with Gasteiger partial charge in [-0.1, -0.05) is 48.5 Å². The van der Waals surface area contributed by atoms with Crippen LogP contribution in [-0.4, -0.2) is 19.2 Å². The Morgan fingerprint density at radius 2 is 1.68 bits per heavy atom. The fourth-order valence-corrected chi connectivity index (χ4v) is 2.19. The molecule has 1 heterocycles. The van der Waals surface area contributed by atoms with E-state index in [1.54, 1.807) is 13.3 Å². The first-order valence-electron chi connectivity index (χ1n) is 6.18. The first-order chi connectivity index (χ1) is 9.38. The van der Waals surface area contributed by atoms with Gasteiger partial charge in [0.2, 0.25) is 5.90 Å². The van der Waals surface area contributed by atoms with Gasteiger partial charge in [0.25, 0.3) is 0 Å². The summed E-state index contributed by atoms with van der Waals surface area (Å²) < 4.78 is 5.25. The van der Waals surface area contributed by atoms with Crippen LogP contribution in [0.4, 0.5) is 5.69 Å². The van der Waals surface area contributed by atoms with Gasteiger partial charge in [-0.05, 0) is 11.6 Å². The Bertz CT molecular complexity index is 632. The number of aliphatic imine (C=N–C) groups is 2. The Morgan fingerprint density at radius 3 is 2.47 bits per heavy atom. The van der Waals surface area contributed by atoms with Crippen molar-refractivity contribution in [1.29, 1.82) is 0 Å². The number of nitrogens with zero attached hydrogens (tertiary/aromatic N) is 2. The lowest BCUT2D eigenvalue weighted by Crippen LogP contribution is -2.05. The molecule has 1 unspecified atom stereocenters. The summed E-state index contributed by atoms with van der Waals surface area (Å²) >= 11 is 0. The molecule has 0 radical (unpaired) electrons. The number of benzene rings is 2. The summed E-state index contributed by atoms with van der Waals surface area (Å²) in [5.41, 5.74) is 3.17. The van der Waals surface area contributed by atoms with E-state index < -0.39 is 0 Å². The van der Waals surface area contributed by atoms with E-state index in [0.29, 0.717) is 5.90 Å². The maximum Gasteiger partial charge on any atom is 0.228 e. The Labute approximate surface area is 112 Å². The first kappa shape index (κ1) is 11.7. The first-order valence-corrected chi connectivity index (χ1v) is 6.18. The molecule has 2 aromatic carbocycles. The van der Waals surface area contributed by atoms with Crippen molar-refractivity contribution in [3.05, 3.63) is 65.7 Å². The standard InChI is InChI=1S/C16H14N2O/c1-19-15-11-17-14-10-6-5-9-13(14)16(18-15)12-7-3-2-4-8-12/h2-11,16H,1H3. The van der Waals surface area contributed by atoms with Gasteiger partial charge in [-0.3, -0.25) is 4.99 Å². The highest BCUT2D eigenvalue weighted by Crippen LogP contribution is 2.34. The van der Waals surface area contributed by atoms with Gasteiger partial charge in [0.1, 0.15) is 6.04 Å². The molecule has 0 amide bonds. The minimum atomic E-state index is -0.0742. The summed E-state index contributed by atoms with van der Waals surface area (Å²) in [6.45, 7) is 0. The number of fused-ring (bicyclic) bond motifs is 1. The number of para-hydroxylation sites is 1. The van der Waals surface area contributed by atoms with Crippen LogP contribution >= 0.6 is 0 Å². The predicted molar refractivity (Wildman–Crippen MR) is 77.3 cm³/mol. The van der Waals surface area contributed by atoms with E-state index >= 15 is 0 Å². The largest absolute Gasteiger partial charge is 0.480 e. The average Bonchev–Trinajstić information content (AvgIpc) is 2.68. The number of ether oxygens (including phenoxy) is 1. The van der Waals surface area contributed by atoms with Gasteiger partial charge in [0.05, 0.1) is 19.0 Å². The van der Waals surface area contributed by atoms with Gasteiger partial charge < -0.3 is 4.74 Å². The van der Waals surface area contributed by atoms with Gasteiger partial charge in [-0.25, -0.2) is 4.99 Å². The Hall–Kier alpha value is -2.42. The lowest BCUT2D eigenvalue weighted by atomic mass is 9.98. The number of hydrogen-bond acceptors (Lipinski definition) is 3. The molecule has 3 nitrogen and oxygen atoms in total. The molecule has 0 aliphatic carbocycles. The number of rotatable bonds is 1. The lowest BCUT2D eigenvalue weighted by molar-refractivity contribution is 0.408. The molecule has 0 spiro atoms. The van der Waals surface area contributed by atoms with Gasteiger partial charge in [0, 0.05) is 5.56 Å². The van der Waals surface area contributed by atoms with Crippen LogP contribution in [0.3, 0.4) is 0 Å². The van der Waals surface area contributed by atoms with Crippen molar-refractivity contribution in [3.63, 3.8) is 0 Å². The van der Waals surface area contributed by atoms with E-state index in [9.17, 15) is 0 Å². The summed E-state index contributed by atoms with van der Waals surface area (Å²) in [6, 6.07) is 18.2. The van der Waals surface area contributed by atoms with Crippen molar-refractivity contribution in [1.82, 2.24) is 0 Å². The molecule has 0 aromatic heterocycles. The molecule has 0 saturated carbocycles. The molecule has 0 N–H and O–H groups in total. The minimum absolute atomic E-state index is 0.0742. The average molecular weight is 250 g/mol. The second-order valence-electron chi connectivity index (χ2n) is 4.30. The second-order valence-corrected chi connectivity index (χ2v) is 4.30. The van der Waals surface area contributed by atoms with E-state index in [1.807, 2.05) is 36.4 Å². The Morgan fingerprint density at radius 1 is 0.947 bits per heavy atom. The molecular formula is C16H14N2O. The van der Waals surface area contributed by atoms with Crippen LogP contribution in [0.2, 0.25) is 0 Å².